The number of nitrogens with zero attached hydrogens (tertiary/aromatic N) is 1. The van der Waals surface area contributed by atoms with Crippen molar-refractivity contribution in [1.82, 2.24) is 4.90 Å². The standard InChI is InChI=1S/C20H33N/c1-3-10-18-14(6-1)12-16-8-5-9-17-13-15-7-2-4-11-19(15)21(18)20(16)17/h14-20H,1-13H2/t14-,15-,16-,17+,18-,19+,20?/m0/s1. The smallest absolute Gasteiger partial charge is 0.0158 e. The SMILES string of the molecule is C1C[C@@H]2C[C@@H]3CCCC[C@H]3N3C2[C@@H](C1)C[C@@H]1CCCC[C@@H]13. The second kappa shape index (κ2) is 5.25. The molecule has 7 atom stereocenters. The van der Waals surface area contributed by atoms with Crippen molar-refractivity contribution in [2.75, 3.05) is 0 Å². The monoisotopic (exact) mass is 287 g/mol. The minimum atomic E-state index is 1.01. The summed E-state index contributed by atoms with van der Waals surface area (Å²) in [7, 11) is 0. The van der Waals surface area contributed by atoms with Crippen LogP contribution in [0.4, 0.5) is 0 Å². The molecule has 0 spiro atoms. The fourth-order valence-corrected chi connectivity index (χ4v) is 7.55. The van der Waals surface area contributed by atoms with Crippen molar-refractivity contribution in [3.63, 3.8) is 0 Å². The van der Waals surface area contributed by atoms with Crippen LogP contribution in [0.15, 0.2) is 0 Å². The molecule has 2 saturated heterocycles. The van der Waals surface area contributed by atoms with Gasteiger partial charge in [-0.2, -0.15) is 0 Å². The van der Waals surface area contributed by atoms with Gasteiger partial charge < -0.3 is 0 Å². The van der Waals surface area contributed by atoms with Crippen LogP contribution in [0.5, 0.6) is 0 Å². The van der Waals surface area contributed by atoms with Gasteiger partial charge in [0.2, 0.25) is 0 Å². The highest BCUT2D eigenvalue weighted by Gasteiger charge is 2.54. The van der Waals surface area contributed by atoms with Crippen molar-refractivity contribution in [1.29, 1.82) is 0 Å². The zero-order valence-electron chi connectivity index (χ0n) is 13.7. The summed E-state index contributed by atoms with van der Waals surface area (Å²) in [6.45, 7) is 0. The van der Waals surface area contributed by atoms with Crippen LogP contribution >= 0.6 is 0 Å². The van der Waals surface area contributed by atoms with Gasteiger partial charge in [-0.05, 0) is 75.0 Å². The van der Waals surface area contributed by atoms with Gasteiger partial charge in [0.15, 0.2) is 0 Å². The Kier molecular flexibility index (Phi) is 3.35. The molecule has 0 N–H and O–H groups in total. The quantitative estimate of drug-likeness (QED) is 0.606. The van der Waals surface area contributed by atoms with Crippen molar-refractivity contribution in [3.05, 3.63) is 0 Å². The average molecular weight is 287 g/mol. The highest BCUT2D eigenvalue weighted by Crippen LogP contribution is 2.54. The molecular weight excluding hydrogens is 254 g/mol. The molecule has 118 valence electrons. The van der Waals surface area contributed by atoms with Crippen LogP contribution in [0.1, 0.15) is 83.5 Å². The number of hydrogen-bond acceptors (Lipinski definition) is 1. The molecule has 5 rings (SSSR count). The Hall–Kier alpha value is -0.0400. The van der Waals surface area contributed by atoms with E-state index < -0.39 is 0 Å². The number of rotatable bonds is 0. The molecule has 0 bridgehead atoms. The van der Waals surface area contributed by atoms with E-state index in [1.807, 2.05) is 0 Å². The summed E-state index contributed by atoms with van der Waals surface area (Å²) in [6, 6.07) is 3.04. The van der Waals surface area contributed by atoms with Crippen LogP contribution in [0.3, 0.4) is 0 Å². The molecular formula is C20H33N. The summed E-state index contributed by atoms with van der Waals surface area (Å²) in [6.07, 6.45) is 20.2. The van der Waals surface area contributed by atoms with E-state index in [-0.39, 0.29) is 0 Å². The summed E-state index contributed by atoms with van der Waals surface area (Å²) >= 11 is 0. The Bertz CT molecular complexity index is 357. The molecule has 3 aliphatic carbocycles. The molecule has 3 saturated carbocycles. The summed E-state index contributed by atoms with van der Waals surface area (Å²) < 4.78 is 0. The Morgan fingerprint density at radius 1 is 0.476 bits per heavy atom. The molecule has 0 aromatic heterocycles. The van der Waals surface area contributed by atoms with E-state index in [0.717, 1.165) is 41.8 Å². The maximum absolute atomic E-state index is 3.22. The fraction of sp³-hybridized carbons (Fsp3) is 1.00. The first-order chi connectivity index (χ1) is 10.4. The minimum Gasteiger partial charge on any atom is -0.293 e. The highest BCUT2D eigenvalue weighted by atomic mass is 15.3. The van der Waals surface area contributed by atoms with Gasteiger partial charge in [0.1, 0.15) is 0 Å². The molecule has 0 radical (unpaired) electrons. The largest absolute Gasteiger partial charge is 0.293 e. The van der Waals surface area contributed by atoms with E-state index in [4.69, 9.17) is 0 Å². The Morgan fingerprint density at radius 2 is 0.952 bits per heavy atom. The van der Waals surface area contributed by atoms with Crippen LogP contribution in [0.25, 0.3) is 0 Å². The van der Waals surface area contributed by atoms with Gasteiger partial charge in [-0.25, -0.2) is 0 Å². The zero-order valence-corrected chi connectivity index (χ0v) is 13.7. The third-order valence-corrected chi connectivity index (χ3v) is 8.17. The topological polar surface area (TPSA) is 3.24 Å². The van der Waals surface area contributed by atoms with E-state index in [1.165, 1.54) is 25.7 Å². The van der Waals surface area contributed by atoms with Gasteiger partial charge in [0.25, 0.3) is 0 Å². The Morgan fingerprint density at radius 3 is 1.52 bits per heavy atom. The second-order valence-corrected chi connectivity index (χ2v) is 9.08. The van der Waals surface area contributed by atoms with Crippen LogP contribution in [-0.4, -0.2) is 23.0 Å². The lowest BCUT2D eigenvalue weighted by Crippen LogP contribution is -2.67. The van der Waals surface area contributed by atoms with Crippen LogP contribution in [-0.2, 0) is 0 Å². The van der Waals surface area contributed by atoms with Crippen molar-refractivity contribution < 1.29 is 0 Å². The predicted octanol–water partition coefficient (Wildman–Crippen LogP) is 5.00. The molecule has 0 aromatic rings. The number of fused-ring (bicyclic) bond motifs is 4. The third kappa shape index (κ3) is 2.06. The van der Waals surface area contributed by atoms with Crippen molar-refractivity contribution in [3.8, 4) is 0 Å². The molecule has 1 heteroatoms. The van der Waals surface area contributed by atoms with E-state index >= 15 is 0 Å². The van der Waals surface area contributed by atoms with E-state index in [0.29, 0.717) is 0 Å². The first-order valence-electron chi connectivity index (χ1n) is 10.2. The lowest BCUT2D eigenvalue weighted by Gasteiger charge is -2.63. The van der Waals surface area contributed by atoms with Crippen molar-refractivity contribution in [2.45, 2.75) is 102 Å². The minimum absolute atomic E-state index is 1.01. The molecule has 0 aromatic carbocycles. The van der Waals surface area contributed by atoms with Crippen LogP contribution in [0.2, 0.25) is 0 Å². The van der Waals surface area contributed by atoms with Gasteiger partial charge in [0, 0.05) is 18.1 Å². The van der Waals surface area contributed by atoms with Gasteiger partial charge in [0.05, 0.1) is 0 Å². The average Bonchev–Trinajstić information content (AvgIpc) is 2.54. The predicted molar refractivity (Wildman–Crippen MR) is 87.2 cm³/mol. The Labute approximate surface area is 130 Å². The summed E-state index contributed by atoms with van der Waals surface area (Å²) in [4.78, 5) is 3.22. The Balaban J connectivity index is 1.51. The summed E-state index contributed by atoms with van der Waals surface area (Å²) in [5.41, 5.74) is 0. The number of hydrogen-bond donors (Lipinski definition) is 0. The first-order valence-corrected chi connectivity index (χ1v) is 10.2. The lowest BCUT2D eigenvalue weighted by atomic mass is 9.58. The third-order valence-electron chi connectivity index (χ3n) is 8.17. The molecule has 2 aliphatic heterocycles. The van der Waals surface area contributed by atoms with Gasteiger partial charge in [-0.1, -0.05) is 32.1 Å². The van der Waals surface area contributed by atoms with Gasteiger partial charge in [-0.15, -0.1) is 0 Å². The van der Waals surface area contributed by atoms with Crippen LogP contribution in [0, 0.1) is 23.7 Å². The second-order valence-electron chi connectivity index (χ2n) is 9.08. The lowest BCUT2D eigenvalue weighted by molar-refractivity contribution is -0.140. The first kappa shape index (κ1) is 13.4. The van der Waals surface area contributed by atoms with Crippen LogP contribution < -0.4 is 0 Å². The molecule has 0 amide bonds. The summed E-state index contributed by atoms with van der Waals surface area (Å²) in [5, 5.41) is 0. The van der Waals surface area contributed by atoms with E-state index in [1.54, 1.807) is 57.8 Å². The van der Waals surface area contributed by atoms with Crippen molar-refractivity contribution >= 4 is 0 Å². The van der Waals surface area contributed by atoms with E-state index in [9.17, 15) is 0 Å². The molecule has 1 unspecified atom stereocenters. The van der Waals surface area contributed by atoms with Gasteiger partial charge in [-0.3, -0.25) is 4.90 Å². The fourth-order valence-electron chi connectivity index (χ4n) is 7.55. The van der Waals surface area contributed by atoms with Crippen molar-refractivity contribution in [2.24, 2.45) is 23.7 Å². The van der Waals surface area contributed by atoms with E-state index in [2.05, 4.69) is 4.90 Å². The molecule has 2 heterocycles. The number of piperidine rings is 2. The molecule has 1 nitrogen and oxygen atoms in total. The molecule has 5 aliphatic rings. The maximum atomic E-state index is 3.22. The zero-order chi connectivity index (χ0) is 13.8. The molecule has 21 heavy (non-hydrogen) atoms. The van der Waals surface area contributed by atoms with Gasteiger partial charge >= 0.3 is 0 Å². The maximum Gasteiger partial charge on any atom is 0.0158 e. The summed E-state index contributed by atoms with van der Waals surface area (Å²) in [5.74, 6) is 4.34. The highest BCUT2D eigenvalue weighted by molar-refractivity contribution is 5.07. The molecule has 5 fully saturated rings. The normalized spacial score (nSPS) is 53.4.